The third kappa shape index (κ3) is 6.49. The molecule has 0 bridgehead atoms. The molecule has 0 saturated carbocycles. The number of hydrogen-bond acceptors (Lipinski definition) is 9. The van der Waals surface area contributed by atoms with Gasteiger partial charge in [-0.1, -0.05) is 0 Å². The van der Waals surface area contributed by atoms with Crippen molar-refractivity contribution in [3.8, 4) is 0 Å². The monoisotopic (exact) mass is 437 g/mol. The highest BCUT2D eigenvalue weighted by molar-refractivity contribution is 7.84. The van der Waals surface area contributed by atoms with Crippen LogP contribution in [0.15, 0.2) is 11.8 Å². The second-order valence-corrected chi connectivity index (χ2v) is 7.09. The molecule has 0 radical (unpaired) electrons. The molecule has 15 nitrogen and oxygen atoms in total. The first-order chi connectivity index (χ1) is 13.3. The summed E-state index contributed by atoms with van der Waals surface area (Å²) in [4.78, 5) is 58.4. The van der Waals surface area contributed by atoms with E-state index in [1.165, 1.54) is 0 Å². The first-order valence-electron chi connectivity index (χ1n) is 7.79. The molecule has 0 aromatic carbocycles. The van der Waals surface area contributed by atoms with Crippen LogP contribution >= 0.6 is 0 Å². The van der Waals surface area contributed by atoms with E-state index in [9.17, 15) is 32.4 Å². The molecule has 29 heavy (non-hydrogen) atoms. The Balaban J connectivity index is 2.79. The maximum Gasteiger partial charge on any atom is 0.362 e. The number of β-lactam (4-membered cyclic amide) rings is 1. The Morgan fingerprint density at radius 1 is 1.31 bits per heavy atom. The predicted octanol–water partition coefficient (Wildman–Crippen LogP) is -5.54. The smallest absolute Gasteiger partial charge is 0.362 e. The molecule has 8 N–H and O–H groups in total. The number of hydrogen-bond donors (Lipinski definition) is 7. The second-order valence-electron chi connectivity index (χ2n) is 5.75. The molecule has 16 heteroatoms. The van der Waals surface area contributed by atoms with Gasteiger partial charge >= 0.3 is 10.3 Å². The summed E-state index contributed by atoms with van der Waals surface area (Å²) in [6.07, 6.45) is -1.28. The van der Waals surface area contributed by atoms with E-state index < -0.39 is 76.9 Å². The quantitative estimate of drug-likeness (QED) is 0.102. The van der Waals surface area contributed by atoms with E-state index in [-0.39, 0.29) is 4.31 Å². The number of primary amides is 1. The lowest BCUT2D eigenvalue weighted by Gasteiger charge is -2.35. The zero-order chi connectivity index (χ0) is 22.5. The Labute approximate surface area is 163 Å². The van der Waals surface area contributed by atoms with Crippen molar-refractivity contribution in [3.63, 3.8) is 0 Å². The minimum Gasteiger partial charge on any atom is -0.393 e. The van der Waals surface area contributed by atoms with E-state index in [1.54, 1.807) is 0 Å². The van der Waals surface area contributed by atoms with Crippen molar-refractivity contribution < 1.29 is 47.2 Å². The Bertz CT molecular complexity index is 854. The lowest BCUT2D eigenvalue weighted by atomic mass is 10.1. The van der Waals surface area contributed by atoms with E-state index in [4.69, 9.17) is 20.5 Å². The average molecular weight is 437 g/mol. The van der Waals surface area contributed by atoms with Gasteiger partial charge in [0, 0.05) is 6.08 Å². The van der Waals surface area contributed by atoms with Crippen molar-refractivity contribution in [1.82, 2.24) is 20.3 Å². The number of nitrogens with two attached hydrogens (primary N) is 1. The molecule has 0 aliphatic carbocycles. The van der Waals surface area contributed by atoms with Crippen molar-refractivity contribution in [2.75, 3.05) is 13.2 Å². The van der Waals surface area contributed by atoms with Crippen molar-refractivity contribution in [2.24, 2.45) is 5.73 Å². The van der Waals surface area contributed by atoms with Crippen molar-refractivity contribution in [2.45, 2.75) is 25.1 Å². The van der Waals surface area contributed by atoms with E-state index in [2.05, 4.69) is 0 Å². The van der Waals surface area contributed by atoms with Crippen molar-refractivity contribution >= 4 is 39.8 Å². The van der Waals surface area contributed by atoms with Crippen LogP contribution in [-0.4, -0.2) is 88.4 Å². The summed E-state index contributed by atoms with van der Waals surface area (Å²) in [7, 11) is -4.78. The number of amides is 5. The Morgan fingerprint density at radius 3 is 2.34 bits per heavy atom. The fourth-order valence-electron chi connectivity index (χ4n) is 1.95. The van der Waals surface area contributed by atoms with E-state index in [0.717, 1.165) is 6.92 Å². The third-order valence-electron chi connectivity index (χ3n) is 3.49. The third-order valence-corrected chi connectivity index (χ3v) is 4.38. The SMILES string of the molecule is CC(NC(=O)C(O)CO)C(=O)N/C(=C/C(N)=O)C(=O)N[C@H]1CN(S(=O)(=O)O)C1=O. The first kappa shape index (κ1) is 24.0. The number of carbonyl (C=O) groups excluding carboxylic acids is 5. The normalized spacial score (nSPS) is 18.9. The van der Waals surface area contributed by atoms with Crippen LogP contribution in [0.3, 0.4) is 0 Å². The van der Waals surface area contributed by atoms with Gasteiger partial charge in [-0.15, -0.1) is 0 Å². The van der Waals surface area contributed by atoms with Gasteiger partial charge in [-0.05, 0) is 6.92 Å². The lowest BCUT2D eigenvalue weighted by Crippen LogP contribution is -2.65. The number of aliphatic hydroxyl groups is 2. The average Bonchev–Trinajstić information content (AvgIpc) is 2.61. The van der Waals surface area contributed by atoms with Gasteiger partial charge in [0.05, 0.1) is 13.2 Å². The lowest BCUT2D eigenvalue weighted by molar-refractivity contribution is -0.140. The van der Waals surface area contributed by atoms with Gasteiger partial charge in [-0.25, -0.2) is 4.31 Å². The maximum atomic E-state index is 12.2. The van der Waals surface area contributed by atoms with Crippen LogP contribution in [0.25, 0.3) is 0 Å². The standard InChI is InChI=1S/C13H19N5O10S/c1-5(15-12(24)8(20)4-19)10(22)16-6(2-9(14)21)11(23)17-7-3-18(13(7)25)29(26,27)28/h2,5,7-8,19-20H,3-4H2,1H3,(H2,14,21)(H,15,24)(H,16,22)(H,17,23)(H,26,27,28)/b6-2+/t5?,7-,8?/m0/s1. The summed E-state index contributed by atoms with van der Waals surface area (Å²) in [5.74, 6) is -5.58. The minimum absolute atomic E-state index is 0.0814. The Hall–Kier alpha value is -3.08. The van der Waals surface area contributed by atoms with Gasteiger partial charge in [-0.2, -0.15) is 8.42 Å². The summed E-state index contributed by atoms with van der Waals surface area (Å²) in [5.41, 5.74) is 4.22. The Kier molecular flexibility index (Phi) is 7.78. The van der Waals surface area contributed by atoms with E-state index in [0.29, 0.717) is 6.08 Å². The number of carbonyl (C=O) groups is 5. The highest BCUT2D eigenvalue weighted by atomic mass is 32.2. The molecule has 0 aromatic heterocycles. The van der Waals surface area contributed by atoms with Gasteiger partial charge < -0.3 is 31.9 Å². The Morgan fingerprint density at radius 2 is 1.90 bits per heavy atom. The number of aliphatic hydroxyl groups excluding tert-OH is 2. The highest BCUT2D eigenvalue weighted by Gasteiger charge is 2.44. The molecular formula is C13H19N5O10S. The fourth-order valence-corrected chi connectivity index (χ4v) is 2.64. The molecule has 5 amide bonds. The summed E-state index contributed by atoms with van der Waals surface area (Å²) in [6, 6.07) is -2.68. The summed E-state index contributed by atoms with van der Waals surface area (Å²) in [5, 5.41) is 23.9. The van der Waals surface area contributed by atoms with E-state index in [1.807, 2.05) is 16.0 Å². The largest absolute Gasteiger partial charge is 0.393 e. The molecule has 3 atom stereocenters. The van der Waals surface area contributed by atoms with Crippen LogP contribution in [0, 0.1) is 0 Å². The molecule has 1 heterocycles. The number of nitrogens with one attached hydrogen (secondary N) is 3. The van der Waals surface area contributed by atoms with Gasteiger partial charge in [0.1, 0.15) is 17.8 Å². The van der Waals surface area contributed by atoms with Gasteiger partial charge in [0.2, 0.25) is 11.8 Å². The van der Waals surface area contributed by atoms with Gasteiger partial charge in [0.25, 0.3) is 17.7 Å². The van der Waals surface area contributed by atoms with Crippen LogP contribution < -0.4 is 21.7 Å². The van der Waals surface area contributed by atoms with Crippen LogP contribution in [0.4, 0.5) is 0 Å². The zero-order valence-corrected chi connectivity index (χ0v) is 15.7. The molecule has 1 fully saturated rings. The fraction of sp³-hybridized carbons (Fsp3) is 0.462. The molecule has 1 saturated heterocycles. The second kappa shape index (κ2) is 9.41. The van der Waals surface area contributed by atoms with Crippen LogP contribution in [-0.2, 0) is 34.3 Å². The summed E-state index contributed by atoms with van der Waals surface area (Å²) >= 11 is 0. The number of nitrogens with zero attached hydrogens (tertiary/aromatic N) is 1. The topological polar surface area (TPSA) is 246 Å². The van der Waals surface area contributed by atoms with Crippen LogP contribution in [0.2, 0.25) is 0 Å². The summed E-state index contributed by atoms with van der Waals surface area (Å²) in [6.45, 7) is -0.311. The molecule has 0 spiro atoms. The van der Waals surface area contributed by atoms with Crippen molar-refractivity contribution in [1.29, 1.82) is 0 Å². The van der Waals surface area contributed by atoms with Crippen LogP contribution in [0.1, 0.15) is 6.92 Å². The molecule has 1 aliphatic heterocycles. The first-order valence-corrected chi connectivity index (χ1v) is 9.18. The zero-order valence-electron chi connectivity index (χ0n) is 14.9. The van der Waals surface area contributed by atoms with Gasteiger partial charge in [-0.3, -0.25) is 28.5 Å². The van der Waals surface area contributed by atoms with Crippen molar-refractivity contribution in [3.05, 3.63) is 11.8 Å². The maximum absolute atomic E-state index is 12.2. The molecule has 2 unspecified atom stereocenters. The molecule has 162 valence electrons. The molecular weight excluding hydrogens is 418 g/mol. The van der Waals surface area contributed by atoms with Crippen LogP contribution in [0.5, 0.6) is 0 Å². The van der Waals surface area contributed by atoms with E-state index >= 15 is 0 Å². The minimum atomic E-state index is -4.78. The summed E-state index contributed by atoms with van der Waals surface area (Å²) < 4.78 is 30.6. The molecule has 0 aromatic rings. The molecule has 1 rings (SSSR count). The highest BCUT2D eigenvalue weighted by Crippen LogP contribution is 2.14. The van der Waals surface area contributed by atoms with Gasteiger partial charge in [0.15, 0.2) is 6.10 Å². The predicted molar refractivity (Wildman–Crippen MR) is 91.3 cm³/mol. The number of rotatable bonds is 9. The molecule has 1 aliphatic rings.